The van der Waals surface area contributed by atoms with E-state index in [1.807, 2.05) is 54.6 Å². The third kappa shape index (κ3) is 5.71. The summed E-state index contributed by atoms with van der Waals surface area (Å²) in [7, 11) is 0. The van der Waals surface area contributed by atoms with Crippen molar-refractivity contribution < 1.29 is 19.4 Å². The lowest BCUT2D eigenvalue weighted by Gasteiger charge is -2.18. The molecule has 0 fully saturated rings. The second-order valence-corrected chi connectivity index (χ2v) is 9.90. The van der Waals surface area contributed by atoms with Crippen molar-refractivity contribution in [3.05, 3.63) is 90.5 Å². The molecular weight excluding hydrogens is 434 g/mol. The molecule has 0 unspecified atom stereocenters. The van der Waals surface area contributed by atoms with Crippen LogP contribution in [0.2, 0.25) is 0 Å². The van der Waals surface area contributed by atoms with Gasteiger partial charge in [0.2, 0.25) is 0 Å². The summed E-state index contributed by atoms with van der Waals surface area (Å²) in [5.41, 5.74) is 2.22. The number of hydrogen-bond donors (Lipinski definition) is 1. The highest BCUT2D eigenvalue weighted by molar-refractivity contribution is 8.01. The molecule has 3 aromatic carbocycles. The fourth-order valence-electron chi connectivity index (χ4n) is 3.46. The van der Waals surface area contributed by atoms with Crippen molar-refractivity contribution in [1.29, 1.82) is 0 Å². The predicted molar refractivity (Wildman–Crippen MR) is 132 cm³/mol. The normalized spacial score (nSPS) is 11.5. The second kappa shape index (κ2) is 10.0. The quantitative estimate of drug-likeness (QED) is 0.283. The summed E-state index contributed by atoms with van der Waals surface area (Å²) in [5, 5.41) is 10.4. The maximum atomic E-state index is 11.3. The number of thioether (sulfide) groups is 1. The maximum absolute atomic E-state index is 11.3. The highest BCUT2D eigenvalue weighted by Gasteiger charge is 2.28. The van der Waals surface area contributed by atoms with Crippen LogP contribution < -0.4 is 9.47 Å². The smallest absolute Gasteiger partial charge is 0.319 e. The van der Waals surface area contributed by atoms with Crippen LogP contribution in [0, 0.1) is 0 Å². The molecule has 4 rings (SSSR count). The Hall–Kier alpha value is -3.38. The Morgan fingerprint density at radius 3 is 2.36 bits per heavy atom. The summed E-state index contributed by atoms with van der Waals surface area (Å²) in [4.78, 5) is 12.2. The van der Waals surface area contributed by atoms with Crippen LogP contribution in [0.15, 0.2) is 89.8 Å². The Morgan fingerprint density at radius 2 is 1.64 bits per heavy atom. The third-order valence-electron chi connectivity index (χ3n) is 5.30. The molecule has 1 N–H and O–H groups in total. The Kier molecular flexibility index (Phi) is 6.94. The van der Waals surface area contributed by atoms with Gasteiger partial charge in [-0.1, -0.05) is 48.5 Å². The van der Waals surface area contributed by atoms with Gasteiger partial charge in [-0.25, -0.2) is 0 Å². The minimum atomic E-state index is -0.881. The largest absolute Gasteiger partial charge is 0.492 e. The highest BCUT2D eigenvalue weighted by Crippen LogP contribution is 2.33. The Balaban J connectivity index is 1.41. The number of carboxylic acid groups (broad SMARTS) is 1. The fraction of sp³-hybridized carbons (Fsp3) is 0.222. The summed E-state index contributed by atoms with van der Waals surface area (Å²) in [6, 6.07) is 27.9. The van der Waals surface area contributed by atoms with Crippen LogP contribution in [0.5, 0.6) is 11.6 Å². The molecule has 33 heavy (non-hydrogen) atoms. The molecule has 0 aliphatic carbocycles. The van der Waals surface area contributed by atoms with E-state index in [2.05, 4.69) is 34.9 Å². The molecule has 6 heteroatoms. The lowest BCUT2D eigenvalue weighted by Crippen LogP contribution is -2.26. The molecule has 0 saturated heterocycles. The molecule has 0 amide bonds. The lowest BCUT2D eigenvalue weighted by molar-refractivity contribution is -0.138. The average Bonchev–Trinajstić information content (AvgIpc) is 3.17. The van der Waals surface area contributed by atoms with Crippen LogP contribution in [-0.4, -0.2) is 27.0 Å². The summed E-state index contributed by atoms with van der Waals surface area (Å²) < 4.78 is 13.4. The molecule has 170 valence electrons. The zero-order valence-electron chi connectivity index (χ0n) is 18.7. The average molecular weight is 462 g/mol. The first-order valence-electron chi connectivity index (χ1n) is 10.8. The van der Waals surface area contributed by atoms with Gasteiger partial charge in [0.05, 0.1) is 12.1 Å². The molecule has 0 aliphatic heterocycles. The van der Waals surface area contributed by atoms with E-state index in [0.717, 1.165) is 33.0 Å². The zero-order chi connectivity index (χ0) is 23.3. The van der Waals surface area contributed by atoms with Crippen LogP contribution in [0.25, 0.3) is 10.9 Å². The van der Waals surface area contributed by atoms with Gasteiger partial charge < -0.3 is 19.1 Å². The predicted octanol–water partition coefficient (Wildman–Crippen LogP) is 6.25. The highest BCUT2D eigenvalue weighted by atomic mass is 32.2. The number of carboxylic acids is 1. The lowest BCUT2D eigenvalue weighted by atomic mass is 10.2. The molecule has 0 radical (unpaired) electrons. The zero-order valence-corrected chi connectivity index (χ0v) is 19.5. The van der Waals surface area contributed by atoms with Crippen molar-refractivity contribution in [2.75, 3.05) is 6.61 Å². The van der Waals surface area contributed by atoms with E-state index in [4.69, 9.17) is 9.47 Å². The summed E-state index contributed by atoms with van der Waals surface area (Å²) in [6.07, 6.45) is 0. The van der Waals surface area contributed by atoms with Crippen molar-refractivity contribution in [3.63, 3.8) is 0 Å². The van der Waals surface area contributed by atoms with E-state index >= 15 is 0 Å². The van der Waals surface area contributed by atoms with Crippen molar-refractivity contribution in [2.24, 2.45) is 0 Å². The van der Waals surface area contributed by atoms with Gasteiger partial charge in [0, 0.05) is 16.3 Å². The van der Waals surface area contributed by atoms with Gasteiger partial charge in [0.15, 0.2) is 5.88 Å². The molecule has 0 saturated carbocycles. The minimum absolute atomic E-state index is 0.480. The first-order chi connectivity index (χ1) is 15.9. The number of carbonyl (C=O) groups is 1. The van der Waals surface area contributed by atoms with Crippen molar-refractivity contribution in [1.82, 2.24) is 4.57 Å². The summed E-state index contributed by atoms with van der Waals surface area (Å²) in [6.45, 7) is 5.02. The number of hydrogen-bond acceptors (Lipinski definition) is 4. The molecule has 0 spiro atoms. The minimum Gasteiger partial charge on any atom is -0.492 e. The molecule has 0 atom stereocenters. The first kappa shape index (κ1) is 22.8. The van der Waals surface area contributed by atoms with Crippen LogP contribution >= 0.6 is 11.8 Å². The Morgan fingerprint density at radius 1 is 0.939 bits per heavy atom. The topological polar surface area (TPSA) is 60.7 Å². The van der Waals surface area contributed by atoms with E-state index in [0.29, 0.717) is 19.8 Å². The number of rotatable bonds is 10. The number of aliphatic carboxylic acids is 1. The molecule has 1 heterocycles. The van der Waals surface area contributed by atoms with E-state index < -0.39 is 10.7 Å². The van der Waals surface area contributed by atoms with Crippen molar-refractivity contribution in [2.45, 2.75) is 36.6 Å². The summed E-state index contributed by atoms with van der Waals surface area (Å²) >= 11 is 1.32. The van der Waals surface area contributed by atoms with Gasteiger partial charge >= 0.3 is 5.97 Å². The number of ether oxygens (including phenoxy) is 2. The van der Waals surface area contributed by atoms with Gasteiger partial charge in [-0.05, 0) is 49.7 Å². The molecule has 5 nitrogen and oxygen atoms in total. The van der Waals surface area contributed by atoms with E-state index in [1.54, 1.807) is 13.8 Å². The van der Waals surface area contributed by atoms with E-state index in [9.17, 15) is 9.90 Å². The van der Waals surface area contributed by atoms with Gasteiger partial charge in [-0.15, -0.1) is 11.8 Å². The van der Waals surface area contributed by atoms with Crippen LogP contribution in [0.3, 0.4) is 0 Å². The molecule has 4 aromatic rings. The maximum Gasteiger partial charge on any atom is 0.319 e. The monoisotopic (exact) mass is 461 g/mol. The number of benzene rings is 3. The fourth-order valence-corrected chi connectivity index (χ4v) is 4.41. The van der Waals surface area contributed by atoms with Crippen molar-refractivity contribution in [3.8, 4) is 11.6 Å². The third-order valence-corrected chi connectivity index (χ3v) is 6.49. The standard InChI is InChI=1S/C27H27NO4S/c1-27(2,26(29)30)33-23-14-12-22(13-15-23)31-17-16-28-24-11-7-6-10-21(24)18-25(28)32-19-20-8-4-3-5-9-20/h3-15,18H,16-17,19H2,1-2H3,(H,29,30). The molecule has 0 bridgehead atoms. The van der Waals surface area contributed by atoms with Gasteiger partial charge in [-0.3, -0.25) is 4.79 Å². The number of nitrogens with zero attached hydrogens (tertiary/aromatic N) is 1. The Bertz CT molecular complexity index is 1220. The van der Waals surface area contributed by atoms with Gasteiger partial charge in [0.1, 0.15) is 23.7 Å². The molecule has 1 aromatic heterocycles. The van der Waals surface area contributed by atoms with Gasteiger partial charge in [0.25, 0.3) is 0 Å². The second-order valence-electron chi connectivity index (χ2n) is 8.20. The Labute approximate surface area is 198 Å². The number of aromatic nitrogens is 1. The van der Waals surface area contributed by atoms with Gasteiger partial charge in [-0.2, -0.15) is 0 Å². The SMILES string of the molecule is CC(C)(Sc1ccc(OCCn2c(OCc3ccccc3)cc3ccccc32)cc1)C(=O)O. The number of para-hydroxylation sites is 1. The van der Waals surface area contributed by atoms with Crippen molar-refractivity contribution >= 4 is 28.6 Å². The summed E-state index contributed by atoms with van der Waals surface area (Å²) in [5.74, 6) is 0.721. The van der Waals surface area contributed by atoms with Crippen LogP contribution in [-0.2, 0) is 17.9 Å². The number of fused-ring (bicyclic) bond motifs is 1. The van der Waals surface area contributed by atoms with E-state index in [1.165, 1.54) is 11.8 Å². The molecule has 0 aliphatic rings. The first-order valence-corrected chi connectivity index (χ1v) is 11.6. The molecular formula is C27H27NO4S. The van der Waals surface area contributed by atoms with Crippen LogP contribution in [0.1, 0.15) is 19.4 Å². The van der Waals surface area contributed by atoms with Crippen LogP contribution in [0.4, 0.5) is 0 Å². The van der Waals surface area contributed by atoms with E-state index in [-0.39, 0.29) is 0 Å².